The molecule has 0 spiro atoms. The fourth-order valence-corrected chi connectivity index (χ4v) is 3.72. The van der Waals surface area contributed by atoms with Crippen LogP contribution >= 0.6 is 0 Å². The van der Waals surface area contributed by atoms with Gasteiger partial charge in [0.2, 0.25) is 0 Å². The second-order valence-corrected chi connectivity index (χ2v) is 9.66. The van der Waals surface area contributed by atoms with Gasteiger partial charge in [-0.25, -0.2) is 0 Å². The zero-order chi connectivity index (χ0) is 21.6. The maximum absolute atomic E-state index is 2.45. The Balaban J connectivity index is 1.51. The molecule has 0 heterocycles. The molecule has 0 nitrogen and oxygen atoms in total. The summed E-state index contributed by atoms with van der Waals surface area (Å²) < 4.78 is 0. The summed E-state index contributed by atoms with van der Waals surface area (Å²) in [7, 11) is 0. The fraction of sp³-hybridized carbons (Fsp3) is 0.600. The molecule has 0 radical (unpaired) electrons. The molecular weight excluding hydrogens is 360 g/mol. The van der Waals surface area contributed by atoms with Crippen molar-refractivity contribution >= 4 is 0 Å². The van der Waals surface area contributed by atoms with Crippen LogP contribution in [-0.2, 0) is 0 Å². The van der Waals surface area contributed by atoms with E-state index in [0.29, 0.717) is 0 Å². The highest BCUT2D eigenvalue weighted by Crippen LogP contribution is 2.29. The zero-order valence-electron chi connectivity index (χ0n) is 20.4. The molecule has 0 unspecified atom stereocenters. The molecule has 30 heavy (non-hydrogen) atoms. The standard InChI is InChI=1S/C30H46/c1-25(13-7-15-27(3)17-9-19-29-21-22-29)11-5-6-12-26(2)14-8-16-28(4)18-10-20-30-23-24-30/h11-12,15-16,19-20H,5-10,13-14,17-18,21-24H2,1-4H3/b25-11+,26-12+,27-15+,28-16+. The summed E-state index contributed by atoms with van der Waals surface area (Å²) in [6.07, 6.45) is 32.3. The van der Waals surface area contributed by atoms with Crippen molar-refractivity contribution in [3.05, 3.63) is 69.9 Å². The van der Waals surface area contributed by atoms with Gasteiger partial charge in [0.25, 0.3) is 0 Å². The normalized spacial score (nSPS) is 17.5. The topological polar surface area (TPSA) is 0 Å². The van der Waals surface area contributed by atoms with Crippen LogP contribution in [0.25, 0.3) is 0 Å². The van der Waals surface area contributed by atoms with E-state index >= 15 is 0 Å². The van der Waals surface area contributed by atoms with Crippen LogP contribution < -0.4 is 0 Å². The maximum atomic E-state index is 2.45. The van der Waals surface area contributed by atoms with Crippen molar-refractivity contribution in [3.8, 4) is 0 Å². The summed E-state index contributed by atoms with van der Waals surface area (Å²) >= 11 is 0. The highest BCUT2D eigenvalue weighted by atomic mass is 14.2. The molecular formula is C30H46. The average molecular weight is 407 g/mol. The van der Waals surface area contributed by atoms with Crippen LogP contribution in [0.2, 0.25) is 0 Å². The molecule has 0 amide bonds. The molecule has 2 aliphatic rings. The minimum absolute atomic E-state index is 1.18. The molecule has 2 saturated carbocycles. The van der Waals surface area contributed by atoms with E-state index in [0.717, 1.165) is 0 Å². The zero-order valence-corrected chi connectivity index (χ0v) is 20.4. The van der Waals surface area contributed by atoms with Gasteiger partial charge in [-0.2, -0.15) is 0 Å². The lowest BCUT2D eigenvalue weighted by molar-refractivity contribution is 0.897. The monoisotopic (exact) mass is 406 g/mol. The van der Waals surface area contributed by atoms with Gasteiger partial charge in [0.1, 0.15) is 0 Å². The van der Waals surface area contributed by atoms with Crippen LogP contribution in [0, 0.1) is 0 Å². The molecule has 0 saturated heterocycles. The van der Waals surface area contributed by atoms with Gasteiger partial charge in [-0.15, -0.1) is 0 Å². The van der Waals surface area contributed by atoms with Crippen LogP contribution in [0.1, 0.15) is 118 Å². The Hall–Kier alpha value is -1.56. The first-order valence-corrected chi connectivity index (χ1v) is 12.5. The van der Waals surface area contributed by atoms with E-state index in [9.17, 15) is 0 Å². The van der Waals surface area contributed by atoms with E-state index in [-0.39, 0.29) is 0 Å². The smallest absolute Gasteiger partial charge is 0.0283 e. The SMILES string of the molecule is C/C(=C\CC/C(C)=C/CC/C=C(\C)CC/C=C(\C)CCC=C1CC1)CCC=C1CC1. The molecule has 2 aliphatic carbocycles. The van der Waals surface area contributed by atoms with Crippen molar-refractivity contribution in [2.24, 2.45) is 0 Å². The summed E-state index contributed by atoms with van der Waals surface area (Å²) in [5.41, 5.74) is 9.56. The molecule has 0 aromatic carbocycles. The largest absolute Gasteiger partial charge is 0.0853 e. The second-order valence-electron chi connectivity index (χ2n) is 9.66. The Bertz CT molecular complexity index is 628. The van der Waals surface area contributed by atoms with Gasteiger partial charge in [-0.3, -0.25) is 0 Å². The van der Waals surface area contributed by atoms with Crippen molar-refractivity contribution in [3.63, 3.8) is 0 Å². The van der Waals surface area contributed by atoms with Gasteiger partial charge < -0.3 is 0 Å². The first-order valence-electron chi connectivity index (χ1n) is 12.5. The molecule has 0 aromatic rings. The van der Waals surface area contributed by atoms with E-state index in [1.54, 1.807) is 33.4 Å². The van der Waals surface area contributed by atoms with Gasteiger partial charge in [0, 0.05) is 0 Å². The van der Waals surface area contributed by atoms with Crippen LogP contribution in [0.4, 0.5) is 0 Å². The van der Waals surface area contributed by atoms with E-state index in [4.69, 9.17) is 0 Å². The van der Waals surface area contributed by atoms with Gasteiger partial charge in [0.15, 0.2) is 0 Å². The van der Waals surface area contributed by atoms with Crippen LogP contribution in [-0.4, -0.2) is 0 Å². The molecule has 0 aromatic heterocycles. The van der Waals surface area contributed by atoms with Gasteiger partial charge in [-0.1, -0.05) is 69.9 Å². The number of rotatable bonds is 15. The maximum Gasteiger partial charge on any atom is -0.0283 e. The predicted molar refractivity (Wildman–Crippen MR) is 136 cm³/mol. The highest BCUT2D eigenvalue weighted by Gasteiger charge is 2.09. The Morgan fingerprint density at radius 1 is 0.467 bits per heavy atom. The summed E-state index contributed by atoms with van der Waals surface area (Å²) in [4.78, 5) is 0. The molecule has 2 fully saturated rings. The second kappa shape index (κ2) is 14.4. The average Bonchev–Trinajstić information content (AvgIpc) is 3.61. The number of unbranched alkanes of at least 4 members (excludes halogenated alkanes) is 1. The minimum atomic E-state index is 1.18. The first kappa shape index (κ1) is 24.7. The van der Waals surface area contributed by atoms with Crippen molar-refractivity contribution in [1.82, 2.24) is 0 Å². The Labute approximate surface area is 187 Å². The first-order chi connectivity index (χ1) is 14.5. The fourth-order valence-electron chi connectivity index (χ4n) is 3.72. The molecule has 0 bridgehead atoms. The van der Waals surface area contributed by atoms with E-state index in [1.807, 2.05) is 0 Å². The summed E-state index contributed by atoms with van der Waals surface area (Å²) in [6, 6.07) is 0. The lowest BCUT2D eigenvalue weighted by Crippen LogP contribution is -1.82. The number of hydrogen-bond acceptors (Lipinski definition) is 0. The van der Waals surface area contributed by atoms with E-state index < -0.39 is 0 Å². The van der Waals surface area contributed by atoms with Crippen LogP contribution in [0.15, 0.2) is 69.9 Å². The number of hydrogen-bond donors (Lipinski definition) is 0. The van der Waals surface area contributed by atoms with E-state index in [2.05, 4.69) is 64.2 Å². The Morgan fingerprint density at radius 2 is 0.767 bits per heavy atom. The predicted octanol–water partition coefficient (Wildman–Crippen LogP) is 10.1. The van der Waals surface area contributed by atoms with Crippen molar-refractivity contribution in [1.29, 1.82) is 0 Å². The van der Waals surface area contributed by atoms with Crippen LogP contribution in [0.3, 0.4) is 0 Å². The van der Waals surface area contributed by atoms with Crippen molar-refractivity contribution < 1.29 is 0 Å². The highest BCUT2D eigenvalue weighted by molar-refractivity contribution is 5.17. The van der Waals surface area contributed by atoms with Gasteiger partial charge >= 0.3 is 0 Å². The van der Waals surface area contributed by atoms with Gasteiger partial charge in [0.05, 0.1) is 0 Å². The molecule has 2 rings (SSSR count). The third-order valence-electron chi connectivity index (χ3n) is 6.24. The molecule has 0 aliphatic heterocycles. The lowest BCUT2D eigenvalue weighted by Gasteiger charge is -2.02. The Morgan fingerprint density at radius 3 is 1.10 bits per heavy atom. The number of allylic oxidation sites excluding steroid dienone is 12. The lowest BCUT2D eigenvalue weighted by atomic mass is 10.0. The van der Waals surface area contributed by atoms with Crippen molar-refractivity contribution in [2.75, 3.05) is 0 Å². The van der Waals surface area contributed by atoms with E-state index in [1.165, 1.54) is 89.9 Å². The molecule has 166 valence electrons. The van der Waals surface area contributed by atoms with Gasteiger partial charge in [-0.05, 0) is 118 Å². The molecule has 0 heteroatoms. The minimum Gasteiger partial charge on any atom is -0.0853 e. The third kappa shape index (κ3) is 13.6. The third-order valence-corrected chi connectivity index (χ3v) is 6.24. The van der Waals surface area contributed by atoms with Crippen molar-refractivity contribution in [2.45, 2.75) is 118 Å². The quantitative estimate of drug-likeness (QED) is 0.187. The van der Waals surface area contributed by atoms with Crippen LogP contribution in [0.5, 0.6) is 0 Å². The Kier molecular flexibility index (Phi) is 11.9. The molecule has 0 atom stereocenters. The summed E-state index contributed by atoms with van der Waals surface area (Å²) in [6.45, 7) is 9.18. The summed E-state index contributed by atoms with van der Waals surface area (Å²) in [5.74, 6) is 0. The molecule has 0 N–H and O–H groups in total. The summed E-state index contributed by atoms with van der Waals surface area (Å²) in [5, 5.41) is 0.